The van der Waals surface area contributed by atoms with E-state index in [-0.39, 0.29) is 12.2 Å². The number of amides is 1. The lowest BCUT2D eigenvalue weighted by atomic mass is 10.2. The van der Waals surface area contributed by atoms with Crippen molar-refractivity contribution in [1.29, 1.82) is 0 Å². The molecule has 0 saturated heterocycles. The van der Waals surface area contributed by atoms with Gasteiger partial charge in [0.15, 0.2) is 5.57 Å². The molecular weight excluding hydrogens is 326 g/mol. The monoisotopic (exact) mass is 341 g/mol. The number of anilines is 1. The second-order valence-corrected chi connectivity index (χ2v) is 4.58. The SMILES string of the molecule is CCO/C=C(/C(=O)Nc1ccc(Br)cc1)C(=O)OCC. The van der Waals surface area contributed by atoms with Gasteiger partial charge in [-0.3, -0.25) is 4.79 Å². The molecule has 1 rings (SSSR count). The van der Waals surface area contributed by atoms with Crippen molar-refractivity contribution in [2.75, 3.05) is 18.5 Å². The van der Waals surface area contributed by atoms with E-state index in [1.165, 1.54) is 0 Å². The Balaban J connectivity index is 2.82. The van der Waals surface area contributed by atoms with E-state index in [2.05, 4.69) is 21.2 Å². The number of benzene rings is 1. The first-order valence-corrected chi connectivity index (χ1v) is 6.93. The van der Waals surface area contributed by atoms with Gasteiger partial charge in [-0.2, -0.15) is 0 Å². The summed E-state index contributed by atoms with van der Waals surface area (Å²) in [5, 5.41) is 2.61. The van der Waals surface area contributed by atoms with Crippen LogP contribution in [0, 0.1) is 0 Å². The Morgan fingerprint density at radius 3 is 2.40 bits per heavy atom. The van der Waals surface area contributed by atoms with E-state index in [0.29, 0.717) is 12.3 Å². The zero-order chi connectivity index (χ0) is 15.0. The van der Waals surface area contributed by atoms with Crippen LogP contribution in [0.3, 0.4) is 0 Å². The maximum atomic E-state index is 12.0. The number of halogens is 1. The van der Waals surface area contributed by atoms with Crippen LogP contribution >= 0.6 is 15.9 Å². The van der Waals surface area contributed by atoms with E-state index in [1.54, 1.807) is 38.1 Å². The van der Waals surface area contributed by atoms with Gasteiger partial charge in [-0.15, -0.1) is 0 Å². The second kappa shape index (κ2) is 8.37. The normalized spacial score (nSPS) is 10.8. The Morgan fingerprint density at radius 2 is 1.85 bits per heavy atom. The molecule has 1 aromatic carbocycles. The Morgan fingerprint density at radius 1 is 1.20 bits per heavy atom. The molecule has 0 heterocycles. The molecule has 0 spiro atoms. The molecule has 0 aliphatic rings. The van der Waals surface area contributed by atoms with Gasteiger partial charge in [0.1, 0.15) is 6.26 Å². The molecule has 20 heavy (non-hydrogen) atoms. The maximum Gasteiger partial charge on any atom is 0.346 e. The topological polar surface area (TPSA) is 64.6 Å². The van der Waals surface area contributed by atoms with Crippen molar-refractivity contribution in [3.8, 4) is 0 Å². The summed E-state index contributed by atoms with van der Waals surface area (Å²) in [6, 6.07) is 6.99. The molecule has 0 fully saturated rings. The number of hydrogen-bond acceptors (Lipinski definition) is 4. The smallest absolute Gasteiger partial charge is 0.346 e. The largest absolute Gasteiger partial charge is 0.500 e. The van der Waals surface area contributed by atoms with Crippen molar-refractivity contribution in [2.45, 2.75) is 13.8 Å². The molecule has 108 valence electrons. The van der Waals surface area contributed by atoms with Crippen LogP contribution in [0.5, 0.6) is 0 Å². The van der Waals surface area contributed by atoms with Gasteiger partial charge < -0.3 is 14.8 Å². The highest BCUT2D eigenvalue weighted by molar-refractivity contribution is 9.10. The minimum absolute atomic E-state index is 0.170. The zero-order valence-electron chi connectivity index (χ0n) is 11.3. The average molecular weight is 342 g/mol. The lowest BCUT2D eigenvalue weighted by Gasteiger charge is -2.08. The Bertz CT molecular complexity index is 496. The van der Waals surface area contributed by atoms with Gasteiger partial charge >= 0.3 is 5.97 Å². The molecule has 0 bridgehead atoms. The van der Waals surface area contributed by atoms with Crippen molar-refractivity contribution < 1.29 is 19.1 Å². The molecule has 0 aliphatic heterocycles. The van der Waals surface area contributed by atoms with Gasteiger partial charge in [-0.05, 0) is 38.1 Å². The minimum atomic E-state index is -0.712. The van der Waals surface area contributed by atoms with Crippen LogP contribution < -0.4 is 5.32 Å². The zero-order valence-corrected chi connectivity index (χ0v) is 12.9. The third kappa shape index (κ3) is 5.05. The molecule has 1 aromatic rings. The van der Waals surface area contributed by atoms with E-state index in [1.807, 2.05) is 0 Å². The van der Waals surface area contributed by atoms with Crippen molar-refractivity contribution in [3.63, 3.8) is 0 Å². The second-order valence-electron chi connectivity index (χ2n) is 3.67. The van der Waals surface area contributed by atoms with Gasteiger partial charge in [-0.1, -0.05) is 15.9 Å². The standard InChI is InChI=1S/C14H16BrNO4/c1-3-19-9-12(14(18)20-4-2)13(17)16-11-7-5-10(15)6-8-11/h5-9H,3-4H2,1-2H3,(H,16,17)/b12-9-. The number of carbonyl (C=O) groups is 2. The first kappa shape index (κ1) is 16.2. The number of nitrogens with one attached hydrogen (secondary N) is 1. The van der Waals surface area contributed by atoms with Crippen molar-refractivity contribution in [3.05, 3.63) is 40.6 Å². The summed E-state index contributed by atoms with van der Waals surface area (Å²) in [7, 11) is 0. The average Bonchev–Trinajstić information content (AvgIpc) is 2.42. The molecule has 5 nitrogen and oxygen atoms in total. The van der Waals surface area contributed by atoms with Gasteiger partial charge in [-0.25, -0.2) is 4.79 Å². The van der Waals surface area contributed by atoms with Gasteiger partial charge in [0.05, 0.1) is 13.2 Å². The van der Waals surface area contributed by atoms with E-state index in [4.69, 9.17) is 9.47 Å². The molecule has 6 heteroatoms. The number of rotatable bonds is 6. The summed E-state index contributed by atoms with van der Waals surface area (Å²) in [5.74, 6) is -1.28. The van der Waals surface area contributed by atoms with Gasteiger partial charge in [0.2, 0.25) is 0 Å². The Kier molecular flexibility index (Phi) is 6.79. The summed E-state index contributed by atoms with van der Waals surface area (Å²) in [6.45, 7) is 3.97. The summed E-state index contributed by atoms with van der Waals surface area (Å²) in [5.41, 5.74) is 0.404. The van der Waals surface area contributed by atoms with Crippen LogP contribution in [0.25, 0.3) is 0 Å². The lowest BCUT2D eigenvalue weighted by Crippen LogP contribution is -2.22. The number of carbonyl (C=O) groups excluding carboxylic acids is 2. The number of ether oxygens (including phenoxy) is 2. The predicted molar refractivity (Wildman–Crippen MR) is 79.1 cm³/mol. The molecule has 0 radical (unpaired) electrons. The molecule has 0 saturated carbocycles. The molecule has 1 N–H and O–H groups in total. The Hall–Kier alpha value is -1.82. The summed E-state index contributed by atoms with van der Waals surface area (Å²) in [6.07, 6.45) is 1.12. The van der Waals surface area contributed by atoms with E-state index >= 15 is 0 Å². The van der Waals surface area contributed by atoms with Crippen LogP contribution in [0.15, 0.2) is 40.6 Å². The first-order valence-electron chi connectivity index (χ1n) is 6.14. The van der Waals surface area contributed by atoms with Crippen molar-refractivity contribution in [1.82, 2.24) is 0 Å². The van der Waals surface area contributed by atoms with Crippen LogP contribution in [-0.2, 0) is 19.1 Å². The highest BCUT2D eigenvalue weighted by atomic mass is 79.9. The Labute approximate surface area is 126 Å². The summed E-state index contributed by atoms with van der Waals surface area (Å²) in [4.78, 5) is 23.7. The molecule has 1 amide bonds. The number of hydrogen-bond donors (Lipinski definition) is 1. The maximum absolute atomic E-state index is 12.0. The fourth-order valence-electron chi connectivity index (χ4n) is 1.30. The highest BCUT2D eigenvalue weighted by Gasteiger charge is 2.20. The summed E-state index contributed by atoms with van der Waals surface area (Å²) < 4.78 is 10.7. The van der Waals surface area contributed by atoms with E-state index in [9.17, 15) is 9.59 Å². The fraction of sp³-hybridized carbons (Fsp3) is 0.286. The van der Waals surface area contributed by atoms with Gasteiger partial charge in [0.25, 0.3) is 5.91 Å². The van der Waals surface area contributed by atoms with Crippen LogP contribution in [0.4, 0.5) is 5.69 Å². The lowest BCUT2D eigenvalue weighted by molar-refractivity contribution is -0.139. The minimum Gasteiger partial charge on any atom is -0.500 e. The highest BCUT2D eigenvalue weighted by Crippen LogP contribution is 2.15. The summed E-state index contributed by atoms with van der Waals surface area (Å²) >= 11 is 3.30. The third-order valence-corrected chi connectivity index (χ3v) is 2.74. The quantitative estimate of drug-likeness (QED) is 0.284. The molecule has 0 atom stereocenters. The van der Waals surface area contributed by atoms with Crippen LogP contribution in [0.1, 0.15) is 13.8 Å². The predicted octanol–water partition coefficient (Wildman–Crippen LogP) is 2.87. The van der Waals surface area contributed by atoms with Crippen molar-refractivity contribution in [2.24, 2.45) is 0 Å². The number of esters is 1. The van der Waals surface area contributed by atoms with Crippen LogP contribution in [0.2, 0.25) is 0 Å². The van der Waals surface area contributed by atoms with Crippen LogP contribution in [-0.4, -0.2) is 25.1 Å². The first-order chi connectivity index (χ1) is 9.58. The molecule has 0 aliphatic carbocycles. The fourth-order valence-corrected chi connectivity index (χ4v) is 1.57. The molecular formula is C14H16BrNO4. The third-order valence-electron chi connectivity index (χ3n) is 2.21. The molecule has 0 unspecified atom stereocenters. The van der Waals surface area contributed by atoms with Gasteiger partial charge in [0, 0.05) is 10.2 Å². The molecule has 0 aromatic heterocycles. The van der Waals surface area contributed by atoms with E-state index < -0.39 is 11.9 Å². The van der Waals surface area contributed by atoms with Crippen molar-refractivity contribution >= 4 is 33.5 Å². The van der Waals surface area contributed by atoms with E-state index in [0.717, 1.165) is 10.7 Å².